The molecule has 2 heterocycles. The molecule has 0 fully saturated rings. The van der Waals surface area contributed by atoms with Crippen molar-refractivity contribution in [2.45, 2.75) is 22.3 Å². The maximum absolute atomic E-state index is 11.3. The van der Waals surface area contributed by atoms with Crippen molar-refractivity contribution in [1.29, 1.82) is 0 Å². The van der Waals surface area contributed by atoms with Crippen LogP contribution in [0.15, 0.2) is 32.3 Å². The third kappa shape index (κ3) is 3.47. The van der Waals surface area contributed by atoms with Crippen LogP contribution in [0.1, 0.15) is 5.69 Å². The molecule has 0 aliphatic rings. The normalized spacial score (nSPS) is 10.6. The standard InChI is InChI=1S/C10H9ClN4OS2/c1-5-3-7(16)14-10(12-5)18-8-4-6(11)13-9(15-8)17-2/h3-4H,1-2H3,(H,12,14,16). The van der Waals surface area contributed by atoms with Crippen LogP contribution in [0.4, 0.5) is 0 Å². The highest BCUT2D eigenvalue weighted by molar-refractivity contribution is 7.99. The summed E-state index contributed by atoms with van der Waals surface area (Å²) in [6.07, 6.45) is 1.87. The maximum atomic E-state index is 11.3. The third-order valence-electron chi connectivity index (χ3n) is 1.88. The van der Waals surface area contributed by atoms with Crippen molar-refractivity contribution in [2.75, 3.05) is 6.26 Å². The highest BCUT2D eigenvalue weighted by atomic mass is 35.5. The zero-order chi connectivity index (χ0) is 13.1. The molecule has 0 bridgehead atoms. The summed E-state index contributed by atoms with van der Waals surface area (Å²) in [6.45, 7) is 1.76. The number of halogens is 1. The number of thioether (sulfide) groups is 1. The van der Waals surface area contributed by atoms with Crippen LogP contribution >= 0.6 is 35.1 Å². The average molecular weight is 301 g/mol. The molecule has 2 rings (SSSR count). The maximum Gasteiger partial charge on any atom is 0.251 e. The van der Waals surface area contributed by atoms with Gasteiger partial charge in [-0.25, -0.2) is 15.0 Å². The molecule has 0 atom stereocenters. The number of H-pyrrole nitrogens is 1. The van der Waals surface area contributed by atoms with E-state index in [9.17, 15) is 4.79 Å². The fourth-order valence-electron chi connectivity index (χ4n) is 1.22. The summed E-state index contributed by atoms with van der Waals surface area (Å²) < 4.78 is 0. The Hall–Kier alpha value is -1.05. The predicted octanol–water partition coefficient (Wildman–Crippen LogP) is 2.39. The molecule has 0 unspecified atom stereocenters. The van der Waals surface area contributed by atoms with Gasteiger partial charge < -0.3 is 4.98 Å². The SMILES string of the molecule is CSc1nc(Cl)cc(Sc2nc(C)cc(=O)[nH]2)n1. The Bertz CT molecular complexity index is 632. The molecule has 1 N–H and O–H groups in total. The van der Waals surface area contributed by atoms with Crippen LogP contribution in [0.2, 0.25) is 5.15 Å². The number of nitrogens with zero attached hydrogens (tertiary/aromatic N) is 3. The number of aromatic amines is 1. The van der Waals surface area contributed by atoms with Crippen molar-refractivity contribution in [3.8, 4) is 0 Å². The summed E-state index contributed by atoms with van der Waals surface area (Å²) in [4.78, 5) is 26.5. The summed E-state index contributed by atoms with van der Waals surface area (Å²) in [5.41, 5.74) is 0.474. The molecule has 0 spiro atoms. The van der Waals surface area contributed by atoms with Crippen LogP contribution in [0.5, 0.6) is 0 Å². The molecule has 18 heavy (non-hydrogen) atoms. The zero-order valence-electron chi connectivity index (χ0n) is 9.60. The molecule has 0 amide bonds. The molecule has 0 saturated heterocycles. The van der Waals surface area contributed by atoms with E-state index < -0.39 is 0 Å². The molecule has 0 aromatic carbocycles. The van der Waals surface area contributed by atoms with E-state index in [2.05, 4.69) is 19.9 Å². The van der Waals surface area contributed by atoms with Gasteiger partial charge in [0.1, 0.15) is 10.2 Å². The van der Waals surface area contributed by atoms with E-state index in [-0.39, 0.29) is 5.56 Å². The number of rotatable bonds is 3. The zero-order valence-corrected chi connectivity index (χ0v) is 12.0. The Kier molecular flexibility index (Phi) is 4.26. The Labute approximate surface area is 117 Å². The van der Waals surface area contributed by atoms with E-state index in [1.165, 1.54) is 29.6 Å². The van der Waals surface area contributed by atoms with Gasteiger partial charge in [0.15, 0.2) is 10.3 Å². The van der Waals surface area contributed by atoms with E-state index in [0.717, 1.165) is 0 Å². The van der Waals surface area contributed by atoms with Gasteiger partial charge in [0.2, 0.25) is 0 Å². The topological polar surface area (TPSA) is 71.5 Å². The largest absolute Gasteiger partial charge is 0.301 e. The number of hydrogen-bond donors (Lipinski definition) is 1. The Balaban J connectivity index is 2.33. The molecule has 0 aliphatic carbocycles. The lowest BCUT2D eigenvalue weighted by Crippen LogP contribution is -2.08. The summed E-state index contributed by atoms with van der Waals surface area (Å²) >= 11 is 8.53. The second kappa shape index (κ2) is 5.73. The quantitative estimate of drug-likeness (QED) is 0.533. The predicted molar refractivity (Wildman–Crippen MR) is 72.5 cm³/mol. The van der Waals surface area contributed by atoms with Gasteiger partial charge in [-0.3, -0.25) is 4.79 Å². The minimum absolute atomic E-state index is 0.185. The first kappa shape index (κ1) is 13.4. The monoisotopic (exact) mass is 300 g/mol. The molecule has 0 aliphatic heterocycles. The second-order valence-electron chi connectivity index (χ2n) is 3.31. The van der Waals surface area contributed by atoms with Crippen LogP contribution in [0.25, 0.3) is 0 Å². The van der Waals surface area contributed by atoms with Crippen molar-refractivity contribution in [2.24, 2.45) is 0 Å². The van der Waals surface area contributed by atoms with E-state index in [1.807, 2.05) is 6.26 Å². The molecule has 94 valence electrons. The average Bonchev–Trinajstić information content (AvgIpc) is 2.26. The summed E-state index contributed by atoms with van der Waals surface area (Å²) in [7, 11) is 0. The summed E-state index contributed by atoms with van der Waals surface area (Å²) in [5.74, 6) is 0. The molecule has 2 aromatic rings. The minimum Gasteiger partial charge on any atom is -0.301 e. The van der Waals surface area contributed by atoms with E-state index in [1.54, 1.807) is 13.0 Å². The van der Waals surface area contributed by atoms with Crippen molar-refractivity contribution in [1.82, 2.24) is 19.9 Å². The van der Waals surface area contributed by atoms with Crippen LogP contribution in [-0.4, -0.2) is 26.2 Å². The van der Waals surface area contributed by atoms with E-state index in [4.69, 9.17) is 11.6 Å². The first-order chi connectivity index (χ1) is 8.56. The highest BCUT2D eigenvalue weighted by Crippen LogP contribution is 2.25. The van der Waals surface area contributed by atoms with E-state index in [0.29, 0.717) is 26.2 Å². The smallest absolute Gasteiger partial charge is 0.251 e. The molecule has 2 aromatic heterocycles. The molecule has 5 nitrogen and oxygen atoms in total. The summed E-state index contributed by atoms with van der Waals surface area (Å²) in [5, 5.41) is 2.08. The second-order valence-corrected chi connectivity index (χ2v) is 5.48. The van der Waals surface area contributed by atoms with Crippen molar-refractivity contribution >= 4 is 35.1 Å². The van der Waals surface area contributed by atoms with Crippen molar-refractivity contribution < 1.29 is 0 Å². The number of hydrogen-bond acceptors (Lipinski definition) is 6. The number of nitrogens with one attached hydrogen (secondary N) is 1. The van der Waals surface area contributed by atoms with Gasteiger partial charge in [-0.2, -0.15) is 0 Å². The lowest BCUT2D eigenvalue weighted by molar-refractivity contribution is 0.873. The van der Waals surface area contributed by atoms with Crippen molar-refractivity contribution in [3.63, 3.8) is 0 Å². The lowest BCUT2D eigenvalue weighted by atomic mass is 10.5. The molecular formula is C10H9ClN4OS2. The molecular weight excluding hydrogens is 292 g/mol. The lowest BCUT2D eigenvalue weighted by Gasteiger charge is -2.03. The van der Waals surface area contributed by atoms with Gasteiger partial charge in [-0.1, -0.05) is 23.4 Å². The number of aromatic nitrogens is 4. The number of aryl methyl sites for hydroxylation is 1. The van der Waals surface area contributed by atoms with Gasteiger partial charge in [0.05, 0.1) is 0 Å². The first-order valence-corrected chi connectivity index (χ1v) is 7.33. The van der Waals surface area contributed by atoms with E-state index >= 15 is 0 Å². The highest BCUT2D eigenvalue weighted by Gasteiger charge is 2.06. The molecule has 8 heteroatoms. The van der Waals surface area contributed by atoms with Gasteiger partial charge in [0.25, 0.3) is 5.56 Å². The Morgan fingerprint density at radius 3 is 2.72 bits per heavy atom. The van der Waals surface area contributed by atoms with Gasteiger partial charge in [-0.15, -0.1) is 0 Å². The third-order valence-corrected chi connectivity index (χ3v) is 3.43. The fourth-order valence-corrected chi connectivity index (χ4v) is 2.80. The molecule has 0 radical (unpaired) electrons. The van der Waals surface area contributed by atoms with Crippen LogP contribution in [0.3, 0.4) is 0 Å². The fraction of sp³-hybridized carbons (Fsp3) is 0.200. The summed E-state index contributed by atoms with van der Waals surface area (Å²) in [6, 6.07) is 3.07. The Morgan fingerprint density at radius 2 is 2.06 bits per heavy atom. The van der Waals surface area contributed by atoms with Crippen LogP contribution in [-0.2, 0) is 0 Å². The van der Waals surface area contributed by atoms with Crippen molar-refractivity contribution in [3.05, 3.63) is 33.3 Å². The van der Waals surface area contributed by atoms with Gasteiger partial charge in [0, 0.05) is 17.8 Å². The van der Waals surface area contributed by atoms with Gasteiger partial charge in [-0.05, 0) is 24.9 Å². The van der Waals surface area contributed by atoms with Gasteiger partial charge >= 0.3 is 0 Å². The molecule has 0 saturated carbocycles. The van der Waals surface area contributed by atoms with Crippen LogP contribution in [0, 0.1) is 6.92 Å². The Morgan fingerprint density at radius 1 is 1.28 bits per heavy atom. The minimum atomic E-state index is -0.185. The van der Waals surface area contributed by atoms with Crippen LogP contribution < -0.4 is 5.56 Å². The first-order valence-electron chi connectivity index (χ1n) is 4.91.